The zero-order valence-electron chi connectivity index (χ0n) is 13.0. The van der Waals surface area contributed by atoms with Crippen LogP contribution in [0, 0.1) is 10.7 Å². The van der Waals surface area contributed by atoms with Crippen LogP contribution in [-0.2, 0) is 9.59 Å². The van der Waals surface area contributed by atoms with Gasteiger partial charge in [-0.15, -0.1) is 0 Å². The number of nitriles is 1. The lowest BCUT2D eigenvalue weighted by Gasteiger charge is -2.26. The summed E-state index contributed by atoms with van der Waals surface area (Å²) in [6.07, 6.45) is 7.17. The van der Waals surface area contributed by atoms with Crippen LogP contribution in [0.4, 0.5) is 0 Å². The molecule has 8 heteroatoms. The Morgan fingerprint density at radius 2 is 2.14 bits per heavy atom. The number of carbonyl (C=O) groups is 2. The van der Waals surface area contributed by atoms with Crippen LogP contribution in [-0.4, -0.2) is 51.2 Å². The Kier molecular flexibility index (Phi) is 8.98. The Bertz CT molecular complexity index is 499. The first kappa shape index (κ1) is 20.0. The molecule has 122 valence electrons. The fourth-order valence-corrected chi connectivity index (χ4v) is 2.45. The molecule has 0 radical (unpaired) electrons. The van der Waals surface area contributed by atoms with E-state index >= 15 is 0 Å². The van der Waals surface area contributed by atoms with Gasteiger partial charge in [0, 0.05) is 18.7 Å². The van der Waals surface area contributed by atoms with Crippen molar-refractivity contribution in [3.63, 3.8) is 0 Å². The highest BCUT2D eigenvalue weighted by Crippen LogP contribution is 2.28. The molecule has 22 heavy (non-hydrogen) atoms. The molecule has 0 fully saturated rings. The molecule has 0 aromatic heterocycles. The maximum Gasteiger partial charge on any atom is 0.331 e. The minimum absolute atomic E-state index is 0.178. The van der Waals surface area contributed by atoms with Gasteiger partial charge in [0.15, 0.2) is 12.1 Å². The van der Waals surface area contributed by atoms with Gasteiger partial charge in [-0.05, 0) is 13.3 Å². The fraction of sp³-hybridized carbons (Fsp3) is 0.500. The fourth-order valence-electron chi connectivity index (χ4n) is 1.71. The molecule has 0 amide bonds. The largest absolute Gasteiger partial charge is 0.478 e. The second-order valence-corrected chi connectivity index (χ2v) is 5.97. The van der Waals surface area contributed by atoms with Gasteiger partial charge >= 0.3 is 11.9 Å². The molecule has 0 aliphatic carbocycles. The van der Waals surface area contributed by atoms with Crippen LogP contribution in [0.1, 0.15) is 26.7 Å². The Labute approximate surface area is 134 Å². The maximum absolute atomic E-state index is 9.90. The summed E-state index contributed by atoms with van der Waals surface area (Å²) < 4.78 is 0.737. The average Bonchev–Trinajstić information content (AvgIpc) is 2.78. The second-order valence-electron chi connectivity index (χ2n) is 4.88. The van der Waals surface area contributed by atoms with Crippen molar-refractivity contribution in [2.75, 3.05) is 20.3 Å². The van der Waals surface area contributed by atoms with Gasteiger partial charge in [0.25, 0.3) is 0 Å². The summed E-state index contributed by atoms with van der Waals surface area (Å²) in [5.41, 5.74) is -0.178. The topological polar surface area (TPSA) is 102 Å². The first-order valence-electron chi connectivity index (χ1n) is 6.75. The molecule has 0 saturated carbocycles. The van der Waals surface area contributed by atoms with Crippen LogP contribution in [0.5, 0.6) is 0 Å². The Morgan fingerprint density at radius 3 is 2.45 bits per heavy atom. The summed E-state index contributed by atoms with van der Waals surface area (Å²) in [5, 5.41) is 27.0. The highest BCUT2D eigenvalue weighted by atomic mass is 32.2. The molecule has 2 N–H and O–H groups in total. The number of quaternary nitrogens is 1. The lowest BCUT2D eigenvalue weighted by Crippen LogP contribution is -2.37. The van der Waals surface area contributed by atoms with Crippen LogP contribution in [0.25, 0.3) is 0 Å². The summed E-state index contributed by atoms with van der Waals surface area (Å²) in [6, 6.07) is 0. The quantitative estimate of drug-likeness (QED) is 0.333. The second kappa shape index (κ2) is 9.87. The summed E-state index contributed by atoms with van der Waals surface area (Å²) >= 11 is 1.34. The Balaban J connectivity index is 0.000000433. The van der Waals surface area contributed by atoms with Crippen molar-refractivity contribution in [1.82, 2.24) is 4.90 Å². The van der Waals surface area contributed by atoms with Crippen LogP contribution in [0.3, 0.4) is 0 Å². The van der Waals surface area contributed by atoms with Crippen molar-refractivity contribution in [1.29, 1.82) is 5.26 Å². The molecule has 0 aromatic rings. The van der Waals surface area contributed by atoms with Gasteiger partial charge in [0.1, 0.15) is 6.20 Å². The van der Waals surface area contributed by atoms with E-state index in [1.807, 2.05) is 7.05 Å². The third-order valence-electron chi connectivity index (χ3n) is 2.85. The Morgan fingerprint density at radius 1 is 1.50 bits per heavy atom. The SMILES string of the molecule is C/C(=C/C(=O)O)C(=O)O.CCCC[N+]1(SC#N)C=CN(C)C1. The number of nitrogens with zero attached hydrogens (tertiary/aromatic N) is 3. The molecule has 0 spiro atoms. The first-order valence-corrected chi connectivity index (χ1v) is 7.52. The van der Waals surface area contributed by atoms with Crippen LogP contribution >= 0.6 is 11.9 Å². The van der Waals surface area contributed by atoms with E-state index in [0.717, 1.165) is 17.1 Å². The zero-order chi connectivity index (χ0) is 17.2. The summed E-state index contributed by atoms with van der Waals surface area (Å²) in [4.78, 5) is 21.8. The lowest BCUT2D eigenvalue weighted by atomic mass is 10.3. The van der Waals surface area contributed by atoms with E-state index in [9.17, 15) is 9.59 Å². The smallest absolute Gasteiger partial charge is 0.331 e. The van der Waals surface area contributed by atoms with Crippen molar-refractivity contribution < 1.29 is 23.7 Å². The third-order valence-corrected chi connectivity index (χ3v) is 3.71. The highest BCUT2D eigenvalue weighted by molar-refractivity contribution is 7.98. The van der Waals surface area contributed by atoms with Crippen LogP contribution < -0.4 is 0 Å². The number of hydrogen-bond acceptors (Lipinski definition) is 5. The number of hydrogen-bond donors (Lipinski definition) is 2. The zero-order valence-corrected chi connectivity index (χ0v) is 13.8. The number of thiocyanates is 1. The molecule has 1 aliphatic rings. The van der Waals surface area contributed by atoms with Gasteiger partial charge in [0.2, 0.25) is 11.9 Å². The van der Waals surface area contributed by atoms with Crippen LogP contribution in [0.15, 0.2) is 24.0 Å². The van der Waals surface area contributed by atoms with Crippen molar-refractivity contribution in [2.24, 2.45) is 0 Å². The standard InChI is InChI=1S/C9H16N3S.C5H6O4/c1-3-4-6-12(13-8-10)7-5-11(2)9-12;1-3(5(8)9)2-4(6)7/h5,7H,3-4,6,9H2,1-2H3;2H,1H3,(H,6,7)(H,8,9)/q+1;/b;3-2-. The Hall–Kier alpha value is -1.98. The maximum atomic E-state index is 9.90. The molecule has 1 heterocycles. The molecule has 0 bridgehead atoms. The van der Waals surface area contributed by atoms with E-state index < -0.39 is 11.9 Å². The number of carboxylic acid groups (broad SMARTS) is 2. The van der Waals surface area contributed by atoms with Crippen molar-refractivity contribution in [2.45, 2.75) is 26.7 Å². The van der Waals surface area contributed by atoms with Crippen molar-refractivity contribution in [3.8, 4) is 5.40 Å². The highest BCUT2D eigenvalue weighted by Gasteiger charge is 2.32. The van der Waals surface area contributed by atoms with Gasteiger partial charge in [-0.3, -0.25) is 0 Å². The summed E-state index contributed by atoms with van der Waals surface area (Å²) in [6.45, 7) is 5.36. The summed E-state index contributed by atoms with van der Waals surface area (Å²) in [7, 11) is 2.04. The molecule has 1 aliphatic heterocycles. The van der Waals surface area contributed by atoms with Gasteiger partial charge in [0.05, 0.1) is 12.7 Å². The molecular formula is C14H22N3O4S+. The number of aliphatic carboxylic acids is 2. The predicted octanol–water partition coefficient (Wildman–Crippen LogP) is 2.21. The van der Waals surface area contributed by atoms with E-state index in [0.29, 0.717) is 6.08 Å². The van der Waals surface area contributed by atoms with Gasteiger partial charge in [-0.2, -0.15) is 5.26 Å². The number of rotatable bonds is 6. The van der Waals surface area contributed by atoms with E-state index in [-0.39, 0.29) is 5.57 Å². The van der Waals surface area contributed by atoms with Gasteiger partial charge in [-0.25, -0.2) is 13.5 Å². The molecule has 1 atom stereocenters. The molecule has 1 rings (SSSR count). The van der Waals surface area contributed by atoms with E-state index in [2.05, 4.69) is 29.6 Å². The minimum Gasteiger partial charge on any atom is -0.478 e. The van der Waals surface area contributed by atoms with E-state index in [1.54, 1.807) is 0 Å². The van der Waals surface area contributed by atoms with Crippen molar-refractivity contribution >= 4 is 23.9 Å². The number of unbranched alkanes of at least 4 members (excludes halogenated alkanes) is 1. The van der Waals surface area contributed by atoms with Crippen LogP contribution in [0.2, 0.25) is 0 Å². The predicted molar refractivity (Wildman–Crippen MR) is 84.0 cm³/mol. The monoisotopic (exact) mass is 328 g/mol. The van der Waals surface area contributed by atoms with E-state index in [1.165, 1.54) is 31.7 Å². The molecule has 0 saturated heterocycles. The lowest BCUT2D eigenvalue weighted by molar-refractivity contribution is -0.742. The minimum atomic E-state index is -1.24. The van der Waals surface area contributed by atoms with E-state index in [4.69, 9.17) is 15.5 Å². The molecular weight excluding hydrogens is 306 g/mol. The first-order chi connectivity index (χ1) is 10.3. The third kappa shape index (κ3) is 7.71. The molecule has 0 aromatic carbocycles. The van der Waals surface area contributed by atoms with Crippen molar-refractivity contribution in [3.05, 3.63) is 24.0 Å². The summed E-state index contributed by atoms with van der Waals surface area (Å²) in [5.74, 6) is -2.45. The molecule has 7 nitrogen and oxygen atoms in total. The van der Waals surface area contributed by atoms with Gasteiger partial charge in [-0.1, -0.05) is 13.3 Å². The van der Waals surface area contributed by atoms with Gasteiger partial charge < -0.3 is 15.1 Å². The number of carboxylic acids is 2. The average molecular weight is 328 g/mol. The molecule has 1 unspecified atom stereocenters. The normalized spacial score (nSPS) is 20.1.